The largest absolute Gasteiger partial charge is 0.398 e. The number of nitrogen functional groups attached to an aromatic ring is 1. The molecule has 0 saturated carbocycles. The molecular formula is C9H8BrN3. The van der Waals surface area contributed by atoms with E-state index in [1.807, 2.05) is 24.3 Å². The number of nitrogens with zero attached hydrogens (tertiary/aromatic N) is 1. The van der Waals surface area contributed by atoms with E-state index in [0.717, 1.165) is 21.4 Å². The number of hydrogen-bond acceptors (Lipinski definition) is 2. The summed E-state index contributed by atoms with van der Waals surface area (Å²) in [7, 11) is 0. The number of aromatic nitrogens is 2. The quantitative estimate of drug-likeness (QED) is 0.749. The van der Waals surface area contributed by atoms with Crippen LogP contribution in [-0.4, -0.2) is 10.2 Å². The minimum atomic E-state index is 0.732. The molecule has 4 heteroatoms. The van der Waals surface area contributed by atoms with Gasteiger partial charge in [0.25, 0.3) is 0 Å². The lowest BCUT2D eigenvalue weighted by molar-refractivity contribution is 1.10. The number of H-pyrrole nitrogens is 1. The van der Waals surface area contributed by atoms with Gasteiger partial charge in [-0.1, -0.05) is 15.9 Å². The lowest BCUT2D eigenvalue weighted by Gasteiger charge is -2.01. The highest BCUT2D eigenvalue weighted by Crippen LogP contribution is 2.26. The lowest BCUT2D eigenvalue weighted by Crippen LogP contribution is -1.89. The molecule has 66 valence electrons. The highest BCUT2D eigenvalue weighted by Gasteiger charge is 2.04. The standard InChI is InChI=1S/C9H8BrN3/c10-6-1-2-8(11)7(5-6)9-3-4-12-13-9/h1-5H,11H2,(H,12,13). The molecule has 0 amide bonds. The molecule has 0 atom stereocenters. The fourth-order valence-electron chi connectivity index (χ4n) is 1.16. The zero-order valence-corrected chi connectivity index (χ0v) is 8.38. The first-order valence-corrected chi connectivity index (χ1v) is 4.62. The smallest absolute Gasteiger partial charge is 0.0941 e. The molecule has 0 bridgehead atoms. The van der Waals surface area contributed by atoms with E-state index in [-0.39, 0.29) is 0 Å². The highest BCUT2D eigenvalue weighted by atomic mass is 79.9. The van der Waals surface area contributed by atoms with E-state index in [1.165, 1.54) is 0 Å². The molecule has 0 fully saturated rings. The maximum atomic E-state index is 5.81. The Morgan fingerprint density at radius 3 is 2.85 bits per heavy atom. The zero-order chi connectivity index (χ0) is 9.26. The van der Waals surface area contributed by atoms with Crippen LogP contribution in [0.3, 0.4) is 0 Å². The molecule has 2 rings (SSSR count). The Labute approximate surface area is 84.1 Å². The summed E-state index contributed by atoms with van der Waals surface area (Å²) in [6.45, 7) is 0. The maximum absolute atomic E-state index is 5.81. The molecular weight excluding hydrogens is 230 g/mol. The molecule has 13 heavy (non-hydrogen) atoms. The molecule has 0 spiro atoms. The van der Waals surface area contributed by atoms with Crippen molar-refractivity contribution in [3.63, 3.8) is 0 Å². The monoisotopic (exact) mass is 237 g/mol. The first kappa shape index (κ1) is 8.31. The van der Waals surface area contributed by atoms with Crippen LogP contribution < -0.4 is 5.73 Å². The molecule has 0 radical (unpaired) electrons. The van der Waals surface area contributed by atoms with E-state index >= 15 is 0 Å². The first-order chi connectivity index (χ1) is 6.27. The van der Waals surface area contributed by atoms with Gasteiger partial charge in [0, 0.05) is 21.9 Å². The Balaban J connectivity index is 2.57. The van der Waals surface area contributed by atoms with Gasteiger partial charge in [-0.05, 0) is 24.3 Å². The van der Waals surface area contributed by atoms with Gasteiger partial charge in [-0.25, -0.2) is 0 Å². The van der Waals surface area contributed by atoms with Crippen LogP contribution in [0.1, 0.15) is 0 Å². The van der Waals surface area contributed by atoms with Crippen LogP contribution in [0, 0.1) is 0 Å². The van der Waals surface area contributed by atoms with Crippen molar-refractivity contribution in [2.45, 2.75) is 0 Å². The second-order valence-electron chi connectivity index (χ2n) is 2.69. The van der Waals surface area contributed by atoms with Crippen LogP contribution in [0.25, 0.3) is 11.3 Å². The summed E-state index contributed by atoms with van der Waals surface area (Å²) in [4.78, 5) is 0. The van der Waals surface area contributed by atoms with Crippen molar-refractivity contribution in [2.75, 3.05) is 5.73 Å². The topological polar surface area (TPSA) is 54.7 Å². The summed E-state index contributed by atoms with van der Waals surface area (Å²) in [6.07, 6.45) is 1.77. The van der Waals surface area contributed by atoms with E-state index in [2.05, 4.69) is 26.1 Å². The van der Waals surface area contributed by atoms with Gasteiger partial charge in [0.15, 0.2) is 0 Å². The Morgan fingerprint density at radius 1 is 1.31 bits per heavy atom. The van der Waals surface area contributed by atoms with Crippen LogP contribution >= 0.6 is 15.9 Å². The SMILES string of the molecule is Nc1ccc(Br)cc1-c1cc[nH]n1. The summed E-state index contributed by atoms with van der Waals surface area (Å²) in [5.41, 5.74) is 8.34. The third kappa shape index (κ3) is 1.58. The van der Waals surface area contributed by atoms with Gasteiger partial charge in [0.2, 0.25) is 0 Å². The predicted octanol–water partition coefficient (Wildman–Crippen LogP) is 2.42. The molecule has 3 nitrogen and oxygen atoms in total. The lowest BCUT2D eigenvalue weighted by atomic mass is 10.1. The Bertz CT molecular complexity index is 409. The minimum absolute atomic E-state index is 0.732. The molecule has 1 heterocycles. The Hall–Kier alpha value is -1.29. The third-order valence-electron chi connectivity index (χ3n) is 1.79. The maximum Gasteiger partial charge on any atom is 0.0941 e. The molecule has 0 saturated heterocycles. The Morgan fingerprint density at radius 2 is 2.15 bits per heavy atom. The predicted molar refractivity (Wildman–Crippen MR) is 56.1 cm³/mol. The normalized spacial score (nSPS) is 10.2. The van der Waals surface area contributed by atoms with E-state index < -0.39 is 0 Å². The third-order valence-corrected chi connectivity index (χ3v) is 2.29. The molecule has 3 N–H and O–H groups in total. The summed E-state index contributed by atoms with van der Waals surface area (Å²) in [5.74, 6) is 0. The fourth-order valence-corrected chi connectivity index (χ4v) is 1.52. The van der Waals surface area contributed by atoms with E-state index in [9.17, 15) is 0 Å². The van der Waals surface area contributed by atoms with Crippen LogP contribution in [0.2, 0.25) is 0 Å². The highest BCUT2D eigenvalue weighted by molar-refractivity contribution is 9.10. The van der Waals surface area contributed by atoms with Crippen molar-refractivity contribution >= 4 is 21.6 Å². The number of aromatic amines is 1. The number of rotatable bonds is 1. The number of hydrogen-bond donors (Lipinski definition) is 2. The number of nitrogens with one attached hydrogen (secondary N) is 1. The van der Waals surface area contributed by atoms with Gasteiger partial charge in [0.1, 0.15) is 0 Å². The number of nitrogens with two attached hydrogens (primary N) is 1. The van der Waals surface area contributed by atoms with Gasteiger partial charge >= 0.3 is 0 Å². The summed E-state index contributed by atoms with van der Waals surface area (Å²) >= 11 is 3.39. The van der Waals surface area contributed by atoms with E-state index in [1.54, 1.807) is 6.20 Å². The Kier molecular flexibility index (Phi) is 2.06. The van der Waals surface area contributed by atoms with Crippen LogP contribution in [0.15, 0.2) is 34.9 Å². The molecule has 0 aliphatic carbocycles. The van der Waals surface area contributed by atoms with Crippen LogP contribution in [0.4, 0.5) is 5.69 Å². The molecule has 1 aromatic carbocycles. The molecule has 0 unspecified atom stereocenters. The van der Waals surface area contributed by atoms with Gasteiger partial charge in [-0.3, -0.25) is 5.10 Å². The van der Waals surface area contributed by atoms with Crippen molar-refractivity contribution in [3.8, 4) is 11.3 Å². The van der Waals surface area contributed by atoms with Gasteiger partial charge < -0.3 is 5.73 Å². The summed E-state index contributed by atoms with van der Waals surface area (Å²) in [6, 6.07) is 7.60. The van der Waals surface area contributed by atoms with Crippen LogP contribution in [-0.2, 0) is 0 Å². The summed E-state index contributed by atoms with van der Waals surface area (Å²) < 4.78 is 1.000. The van der Waals surface area contributed by atoms with Crippen molar-refractivity contribution in [2.24, 2.45) is 0 Å². The minimum Gasteiger partial charge on any atom is -0.398 e. The number of halogens is 1. The van der Waals surface area contributed by atoms with Crippen LogP contribution in [0.5, 0.6) is 0 Å². The van der Waals surface area contributed by atoms with Crippen molar-refractivity contribution in [1.29, 1.82) is 0 Å². The summed E-state index contributed by atoms with van der Waals surface area (Å²) in [5, 5.41) is 6.82. The average Bonchev–Trinajstić information content (AvgIpc) is 2.61. The number of anilines is 1. The second-order valence-corrected chi connectivity index (χ2v) is 3.61. The average molecular weight is 238 g/mol. The molecule has 0 aliphatic rings. The van der Waals surface area contributed by atoms with Gasteiger partial charge in [-0.15, -0.1) is 0 Å². The fraction of sp³-hybridized carbons (Fsp3) is 0. The molecule has 2 aromatic rings. The van der Waals surface area contributed by atoms with E-state index in [0.29, 0.717) is 0 Å². The van der Waals surface area contributed by atoms with E-state index in [4.69, 9.17) is 5.73 Å². The second kappa shape index (κ2) is 3.22. The zero-order valence-electron chi connectivity index (χ0n) is 6.79. The van der Waals surface area contributed by atoms with Crippen molar-refractivity contribution in [3.05, 3.63) is 34.9 Å². The van der Waals surface area contributed by atoms with Gasteiger partial charge in [-0.2, -0.15) is 5.10 Å². The first-order valence-electron chi connectivity index (χ1n) is 3.82. The molecule has 0 aliphatic heterocycles. The number of benzene rings is 1. The van der Waals surface area contributed by atoms with Gasteiger partial charge in [0.05, 0.1) is 5.69 Å². The molecule has 1 aromatic heterocycles. The van der Waals surface area contributed by atoms with Crippen molar-refractivity contribution < 1.29 is 0 Å². The van der Waals surface area contributed by atoms with Crippen molar-refractivity contribution in [1.82, 2.24) is 10.2 Å².